The number of thiophene rings is 1. The molecule has 0 spiro atoms. The third-order valence-corrected chi connectivity index (χ3v) is 4.72. The minimum absolute atomic E-state index is 0.0849. The van der Waals surface area contributed by atoms with E-state index in [4.69, 9.17) is 5.73 Å². The molecular weight excluding hydrogens is 256 g/mol. The topological polar surface area (TPSA) is 46.3 Å². The molecule has 2 heterocycles. The molecule has 0 atom stereocenters. The summed E-state index contributed by atoms with van der Waals surface area (Å²) < 4.78 is 0. The number of anilines is 1. The second kappa shape index (κ2) is 4.70. The molecule has 0 bridgehead atoms. The third kappa shape index (κ3) is 2.12. The summed E-state index contributed by atoms with van der Waals surface area (Å²) in [6.07, 6.45) is 0.958. The third-order valence-electron chi connectivity index (χ3n) is 3.70. The summed E-state index contributed by atoms with van der Waals surface area (Å²) in [5.41, 5.74) is 9.44. The Kier molecular flexibility index (Phi) is 3.03. The highest BCUT2D eigenvalue weighted by molar-refractivity contribution is 7.10. The van der Waals surface area contributed by atoms with Gasteiger partial charge in [0.2, 0.25) is 0 Å². The Morgan fingerprint density at radius 2 is 2.21 bits per heavy atom. The minimum Gasteiger partial charge on any atom is -0.398 e. The fourth-order valence-corrected chi connectivity index (χ4v) is 3.37. The highest BCUT2D eigenvalue weighted by Crippen LogP contribution is 2.26. The van der Waals surface area contributed by atoms with Crippen molar-refractivity contribution in [1.82, 2.24) is 4.90 Å². The minimum atomic E-state index is 0.0849. The second-order valence-electron chi connectivity index (χ2n) is 4.87. The van der Waals surface area contributed by atoms with Crippen LogP contribution in [0.4, 0.5) is 5.69 Å². The van der Waals surface area contributed by atoms with Gasteiger partial charge in [0, 0.05) is 29.2 Å². The first-order chi connectivity index (χ1) is 9.16. The zero-order valence-corrected chi connectivity index (χ0v) is 11.7. The molecule has 1 aliphatic rings. The van der Waals surface area contributed by atoms with Crippen LogP contribution in [-0.2, 0) is 13.0 Å². The Morgan fingerprint density at radius 3 is 3.05 bits per heavy atom. The van der Waals surface area contributed by atoms with Gasteiger partial charge in [-0.1, -0.05) is 6.07 Å². The van der Waals surface area contributed by atoms with Crippen LogP contribution in [0.1, 0.15) is 26.4 Å². The standard InChI is InChI=1S/C15H16N2OS/c1-10-12(3-2-4-13(10)16)15(18)17-7-5-14-11(9-17)6-8-19-14/h2-4,6,8H,5,7,9,16H2,1H3. The van der Waals surface area contributed by atoms with E-state index in [2.05, 4.69) is 11.4 Å². The van der Waals surface area contributed by atoms with Crippen LogP contribution in [-0.4, -0.2) is 17.4 Å². The van der Waals surface area contributed by atoms with E-state index < -0.39 is 0 Å². The maximum absolute atomic E-state index is 12.6. The first-order valence-electron chi connectivity index (χ1n) is 6.36. The van der Waals surface area contributed by atoms with Gasteiger partial charge in [0.15, 0.2) is 0 Å². The predicted octanol–water partition coefficient (Wildman–Crippen LogP) is 2.84. The van der Waals surface area contributed by atoms with E-state index in [1.807, 2.05) is 30.0 Å². The van der Waals surface area contributed by atoms with Gasteiger partial charge >= 0.3 is 0 Å². The van der Waals surface area contributed by atoms with Crippen LogP contribution in [0.2, 0.25) is 0 Å². The summed E-state index contributed by atoms with van der Waals surface area (Å²) >= 11 is 1.78. The van der Waals surface area contributed by atoms with Gasteiger partial charge in [-0.25, -0.2) is 0 Å². The van der Waals surface area contributed by atoms with Crippen molar-refractivity contribution >= 4 is 22.9 Å². The van der Waals surface area contributed by atoms with Crippen molar-refractivity contribution < 1.29 is 4.79 Å². The molecule has 0 saturated heterocycles. The van der Waals surface area contributed by atoms with E-state index in [-0.39, 0.29) is 5.91 Å². The molecule has 1 amide bonds. The fraction of sp³-hybridized carbons (Fsp3) is 0.267. The molecule has 0 aliphatic carbocycles. The number of fused-ring (bicyclic) bond motifs is 1. The van der Waals surface area contributed by atoms with E-state index in [9.17, 15) is 4.79 Å². The van der Waals surface area contributed by atoms with Gasteiger partial charge in [-0.05, 0) is 48.1 Å². The first-order valence-corrected chi connectivity index (χ1v) is 7.24. The zero-order chi connectivity index (χ0) is 13.4. The van der Waals surface area contributed by atoms with Crippen molar-refractivity contribution in [3.05, 3.63) is 51.2 Å². The van der Waals surface area contributed by atoms with Gasteiger partial charge in [-0.2, -0.15) is 0 Å². The first kappa shape index (κ1) is 12.2. The Bertz CT molecular complexity index is 633. The summed E-state index contributed by atoms with van der Waals surface area (Å²) in [6.45, 7) is 3.41. The normalized spacial score (nSPS) is 14.3. The number of rotatable bonds is 1. The molecule has 4 heteroatoms. The van der Waals surface area contributed by atoms with Crippen LogP contribution in [0.25, 0.3) is 0 Å². The van der Waals surface area contributed by atoms with Gasteiger partial charge < -0.3 is 10.6 Å². The van der Waals surface area contributed by atoms with E-state index in [0.717, 1.165) is 24.1 Å². The lowest BCUT2D eigenvalue weighted by atomic mass is 10.0. The number of carbonyl (C=O) groups excluding carboxylic acids is 1. The van der Waals surface area contributed by atoms with Crippen molar-refractivity contribution in [2.75, 3.05) is 12.3 Å². The summed E-state index contributed by atoms with van der Waals surface area (Å²) in [5.74, 6) is 0.0849. The monoisotopic (exact) mass is 272 g/mol. The van der Waals surface area contributed by atoms with Crippen LogP contribution < -0.4 is 5.73 Å². The lowest BCUT2D eigenvalue weighted by Gasteiger charge is -2.27. The molecule has 2 N–H and O–H groups in total. The molecule has 3 nitrogen and oxygen atoms in total. The number of amides is 1. The molecule has 0 saturated carbocycles. The molecule has 1 aromatic carbocycles. The van der Waals surface area contributed by atoms with Crippen LogP contribution in [0, 0.1) is 6.92 Å². The Labute approximate surface area is 116 Å². The number of hydrogen-bond acceptors (Lipinski definition) is 3. The van der Waals surface area contributed by atoms with E-state index >= 15 is 0 Å². The van der Waals surface area contributed by atoms with Gasteiger partial charge in [0.05, 0.1) is 0 Å². The molecule has 1 aromatic heterocycles. The number of nitrogens with zero attached hydrogens (tertiary/aromatic N) is 1. The average Bonchev–Trinajstić information content (AvgIpc) is 2.88. The van der Waals surface area contributed by atoms with E-state index in [1.165, 1.54) is 10.4 Å². The van der Waals surface area contributed by atoms with Crippen molar-refractivity contribution in [1.29, 1.82) is 0 Å². The molecule has 98 valence electrons. The van der Waals surface area contributed by atoms with Gasteiger partial charge in [-0.3, -0.25) is 4.79 Å². The molecule has 3 rings (SSSR count). The maximum atomic E-state index is 12.6. The second-order valence-corrected chi connectivity index (χ2v) is 5.87. The predicted molar refractivity (Wildman–Crippen MR) is 78.4 cm³/mol. The molecule has 0 fully saturated rings. The smallest absolute Gasteiger partial charge is 0.254 e. The van der Waals surface area contributed by atoms with Crippen molar-refractivity contribution in [3.63, 3.8) is 0 Å². The summed E-state index contributed by atoms with van der Waals surface area (Å²) in [7, 11) is 0. The molecule has 0 unspecified atom stereocenters. The van der Waals surface area contributed by atoms with Gasteiger partial charge in [0.1, 0.15) is 0 Å². The summed E-state index contributed by atoms with van der Waals surface area (Å²) in [6, 6.07) is 7.65. The van der Waals surface area contributed by atoms with Gasteiger partial charge in [-0.15, -0.1) is 11.3 Å². The number of benzene rings is 1. The lowest BCUT2D eigenvalue weighted by molar-refractivity contribution is 0.0735. The zero-order valence-electron chi connectivity index (χ0n) is 10.8. The van der Waals surface area contributed by atoms with Crippen LogP contribution in [0.3, 0.4) is 0 Å². The molecular formula is C15H16N2OS. The number of carbonyl (C=O) groups is 1. The quantitative estimate of drug-likeness (QED) is 0.811. The molecule has 2 aromatic rings. The van der Waals surface area contributed by atoms with Gasteiger partial charge in [0.25, 0.3) is 5.91 Å². The Morgan fingerprint density at radius 1 is 1.37 bits per heavy atom. The number of nitrogen functional groups attached to an aromatic ring is 1. The molecule has 19 heavy (non-hydrogen) atoms. The van der Waals surface area contributed by atoms with Crippen molar-refractivity contribution in [2.24, 2.45) is 0 Å². The van der Waals surface area contributed by atoms with Crippen molar-refractivity contribution in [3.8, 4) is 0 Å². The SMILES string of the molecule is Cc1c(N)cccc1C(=O)N1CCc2sccc2C1. The molecule has 1 aliphatic heterocycles. The lowest BCUT2D eigenvalue weighted by Crippen LogP contribution is -2.35. The van der Waals surface area contributed by atoms with Crippen molar-refractivity contribution in [2.45, 2.75) is 19.9 Å². The Hall–Kier alpha value is -1.81. The maximum Gasteiger partial charge on any atom is 0.254 e. The summed E-state index contributed by atoms with van der Waals surface area (Å²) in [5, 5.41) is 2.10. The van der Waals surface area contributed by atoms with E-state index in [0.29, 0.717) is 12.2 Å². The van der Waals surface area contributed by atoms with E-state index in [1.54, 1.807) is 11.3 Å². The largest absolute Gasteiger partial charge is 0.398 e. The van der Waals surface area contributed by atoms with Crippen LogP contribution in [0.5, 0.6) is 0 Å². The number of hydrogen-bond donors (Lipinski definition) is 1. The van der Waals surface area contributed by atoms with Crippen LogP contribution >= 0.6 is 11.3 Å². The van der Waals surface area contributed by atoms with Crippen LogP contribution in [0.15, 0.2) is 29.6 Å². The fourth-order valence-electron chi connectivity index (χ4n) is 2.48. The Balaban J connectivity index is 1.88. The average molecular weight is 272 g/mol. The molecule has 0 radical (unpaired) electrons. The highest BCUT2D eigenvalue weighted by Gasteiger charge is 2.23. The summed E-state index contributed by atoms with van der Waals surface area (Å²) in [4.78, 5) is 15.9. The highest BCUT2D eigenvalue weighted by atomic mass is 32.1. The number of nitrogens with two attached hydrogens (primary N) is 1.